The summed E-state index contributed by atoms with van der Waals surface area (Å²) < 4.78 is 8.42. The van der Waals surface area contributed by atoms with Gasteiger partial charge in [0.15, 0.2) is 0 Å². The van der Waals surface area contributed by atoms with Crippen molar-refractivity contribution in [1.29, 1.82) is 0 Å². The number of anilines is 1. The molecule has 4 aromatic rings. The lowest BCUT2D eigenvalue weighted by Crippen LogP contribution is -2.16. The van der Waals surface area contributed by atoms with E-state index in [0.717, 1.165) is 25.3 Å². The Balaban J connectivity index is 1.19. The standard InChI is InChI=1S/C28H29N5O/c1-16-11-31-33(14-16)15-20-5-7-22-24(10-20)28-23-9-19(4-6-21(23)27(22)34-28)12-30-13-25-17(2)8-26(29)32-18(25)3/h4-11,14,27-28,30H,12-13,15H2,1-3H3,(H2,29,32)/t27-,28+/m1/s1. The fourth-order valence-corrected chi connectivity index (χ4v) is 5.38. The van der Waals surface area contributed by atoms with Gasteiger partial charge in [0, 0.05) is 25.0 Å². The van der Waals surface area contributed by atoms with Crippen LogP contribution in [0.25, 0.3) is 0 Å². The van der Waals surface area contributed by atoms with Gasteiger partial charge >= 0.3 is 0 Å². The molecular formula is C28H29N5O. The van der Waals surface area contributed by atoms with Gasteiger partial charge in [-0.3, -0.25) is 4.68 Å². The first-order valence-electron chi connectivity index (χ1n) is 11.8. The molecule has 2 aromatic carbocycles. The third kappa shape index (κ3) is 3.59. The van der Waals surface area contributed by atoms with Crippen molar-refractivity contribution in [3.63, 3.8) is 0 Å². The number of hydrogen-bond acceptors (Lipinski definition) is 5. The predicted octanol–water partition coefficient (Wildman–Crippen LogP) is 4.65. The van der Waals surface area contributed by atoms with Crippen LogP contribution in [0.2, 0.25) is 0 Å². The zero-order valence-corrected chi connectivity index (χ0v) is 19.8. The molecule has 0 saturated carbocycles. The number of nitrogen functional groups attached to an aromatic ring is 1. The van der Waals surface area contributed by atoms with E-state index < -0.39 is 0 Å². The van der Waals surface area contributed by atoms with E-state index in [1.165, 1.54) is 50.1 Å². The molecule has 0 spiro atoms. The summed E-state index contributed by atoms with van der Waals surface area (Å²) in [5.74, 6) is 0.579. The van der Waals surface area contributed by atoms with Gasteiger partial charge in [-0.1, -0.05) is 36.4 Å². The summed E-state index contributed by atoms with van der Waals surface area (Å²) in [7, 11) is 0. The summed E-state index contributed by atoms with van der Waals surface area (Å²) in [4.78, 5) is 4.40. The molecule has 0 unspecified atom stereocenters. The molecule has 6 rings (SSSR count). The normalized spacial score (nSPS) is 17.7. The third-order valence-electron chi connectivity index (χ3n) is 7.02. The summed E-state index contributed by atoms with van der Waals surface area (Å²) >= 11 is 0. The number of nitrogens with zero attached hydrogens (tertiary/aromatic N) is 3. The molecule has 172 valence electrons. The maximum absolute atomic E-state index is 6.43. The number of hydrogen-bond donors (Lipinski definition) is 2. The minimum absolute atomic E-state index is 0.0139. The lowest BCUT2D eigenvalue weighted by atomic mass is 9.84. The van der Waals surface area contributed by atoms with Gasteiger partial charge in [0.1, 0.15) is 18.0 Å². The minimum Gasteiger partial charge on any atom is -0.384 e. The van der Waals surface area contributed by atoms with Gasteiger partial charge in [-0.2, -0.15) is 5.10 Å². The first-order chi connectivity index (χ1) is 16.5. The average molecular weight is 452 g/mol. The zero-order valence-electron chi connectivity index (χ0n) is 19.8. The summed E-state index contributed by atoms with van der Waals surface area (Å²) in [5, 5.41) is 8.01. The van der Waals surface area contributed by atoms with Gasteiger partial charge in [0.2, 0.25) is 0 Å². The fraction of sp³-hybridized carbons (Fsp3) is 0.286. The topological polar surface area (TPSA) is 78.0 Å². The zero-order chi connectivity index (χ0) is 23.4. The first kappa shape index (κ1) is 21.1. The lowest BCUT2D eigenvalue weighted by molar-refractivity contribution is 0.0857. The molecule has 4 heterocycles. The second kappa shape index (κ2) is 8.08. The molecule has 2 bridgehead atoms. The van der Waals surface area contributed by atoms with Gasteiger partial charge < -0.3 is 15.8 Å². The summed E-state index contributed by atoms with van der Waals surface area (Å²) in [6, 6.07) is 15.4. The first-order valence-corrected chi connectivity index (χ1v) is 11.8. The van der Waals surface area contributed by atoms with Crippen molar-refractivity contribution in [3.8, 4) is 0 Å². The van der Waals surface area contributed by atoms with Crippen molar-refractivity contribution < 1.29 is 4.74 Å². The molecule has 0 amide bonds. The van der Waals surface area contributed by atoms with Crippen LogP contribution in [0, 0.1) is 20.8 Å². The second-order valence-corrected chi connectivity index (χ2v) is 9.57. The van der Waals surface area contributed by atoms with E-state index in [4.69, 9.17) is 10.5 Å². The highest BCUT2D eigenvalue weighted by atomic mass is 16.5. The smallest absolute Gasteiger partial charge is 0.123 e. The number of pyridine rings is 1. The van der Waals surface area contributed by atoms with Gasteiger partial charge in [-0.15, -0.1) is 0 Å². The van der Waals surface area contributed by atoms with Crippen LogP contribution < -0.4 is 11.1 Å². The highest BCUT2D eigenvalue weighted by Crippen LogP contribution is 2.54. The Hall–Kier alpha value is -3.48. The Morgan fingerprint density at radius 3 is 2.32 bits per heavy atom. The highest BCUT2D eigenvalue weighted by molar-refractivity contribution is 5.56. The maximum Gasteiger partial charge on any atom is 0.123 e. The Bertz CT molecular complexity index is 1380. The molecule has 2 aliphatic heterocycles. The van der Waals surface area contributed by atoms with Crippen molar-refractivity contribution in [2.45, 2.75) is 52.6 Å². The molecule has 34 heavy (non-hydrogen) atoms. The molecule has 0 radical (unpaired) electrons. The van der Waals surface area contributed by atoms with Crippen LogP contribution in [-0.2, 0) is 24.4 Å². The summed E-state index contributed by atoms with van der Waals surface area (Å²) in [6.45, 7) is 8.50. The van der Waals surface area contributed by atoms with Crippen molar-refractivity contribution in [3.05, 3.63) is 111 Å². The van der Waals surface area contributed by atoms with Crippen molar-refractivity contribution in [2.24, 2.45) is 0 Å². The van der Waals surface area contributed by atoms with Crippen LogP contribution in [0.5, 0.6) is 0 Å². The molecule has 0 aliphatic carbocycles. The van der Waals surface area contributed by atoms with E-state index in [9.17, 15) is 0 Å². The number of nitrogens with two attached hydrogens (primary N) is 1. The van der Waals surface area contributed by atoms with Gasteiger partial charge in [0.05, 0.1) is 12.7 Å². The average Bonchev–Trinajstić information content (AvgIpc) is 3.49. The minimum atomic E-state index is 0.0139. The van der Waals surface area contributed by atoms with E-state index >= 15 is 0 Å². The molecule has 2 atom stereocenters. The number of ether oxygens (including phenoxy) is 1. The van der Waals surface area contributed by atoms with Gasteiger partial charge in [-0.25, -0.2) is 4.98 Å². The van der Waals surface area contributed by atoms with Gasteiger partial charge in [-0.05, 0) is 76.9 Å². The predicted molar refractivity (Wildman–Crippen MR) is 132 cm³/mol. The summed E-state index contributed by atoms with van der Waals surface area (Å²) in [6.07, 6.45) is 4.04. The fourth-order valence-electron chi connectivity index (χ4n) is 5.38. The largest absolute Gasteiger partial charge is 0.384 e. The quantitative estimate of drug-likeness (QED) is 0.446. The van der Waals surface area contributed by atoms with Crippen LogP contribution >= 0.6 is 0 Å². The van der Waals surface area contributed by atoms with Gasteiger partial charge in [0.25, 0.3) is 0 Å². The Kier molecular flexibility index (Phi) is 5.01. The Morgan fingerprint density at radius 1 is 0.912 bits per heavy atom. The van der Waals surface area contributed by atoms with E-state index in [1.807, 2.05) is 23.9 Å². The van der Waals surface area contributed by atoms with Crippen molar-refractivity contribution >= 4 is 5.82 Å². The Labute approximate surface area is 199 Å². The SMILES string of the molecule is Cc1cnn(Cc2ccc3c(c2)[C@H]2O[C@@H]3c3ccc(CNCc4c(C)cc(N)nc4C)cc32)c1. The Morgan fingerprint density at radius 2 is 1.62 bits per heavy atom. The van der Waals surface area contributed by atoms with E-state index in [2.05, 4.69) is 71.8 Å². The van der Waals surface area contributed by atoms with Crippen molar-refractivity contribution in [2.75, 3.05) is 5.73 Å². The third-order valence-corrected chi connectivity index (χ3v) is 7.02. The molecule has 3 N–H and O–H groups in total. The highest BCUT2D eigenvalue weighted by Gasteiger charge is 2.42. The van der Waals surface area contributed by atoms with Crippen LogP contribution in [0.3, 0.4) is 0 Å². The van der Waals surface area contributed by atoms with Crippen LogP contribution in [0.1, 0.15) is 68.0 Å². The molecule has 6 heteroatoms. The van der Waals surface area contributed by atoms with Crippen LogP contribution in [-0.4, -0.2) is 14.8 Å². The van der Waals surface area contributed by atoms with Crippen molar-refractivity contribution in [1.82, 2.24) is 20.1 Å². The lowest BCUT2D eigenvalue weighted by Gasteiger charge is -2.18. The molecular weight excluding hydrogens is 422 g/mol. The number of benzene rings is 2. The monoisotopic (exact) mass is 451 g/mol. The maximum atomic E-state index is 6.43. The van der Waals surface area contributed by atoms with Crippen LogP contribution in [0.4, 0.5) is 5.82 Å². The van der Waals surface area contributed by atoms with Crippen LogP contribution in [0.15, 0.2) is 54.9 Å². The van der Waals surface area contributed by atoms with E-state index in [-0.39, 0.29) is 12.2 Å². The number of nitrogens with one attached hydrogen (secondary N) is 1. The number of fused-ring (bicyclic) bond motifs is 8. The molecule has 6 nitrogen and oxygen atoms in total. The number of aromatic nitrogens is 3. The van der Waals surface area contributed by atoms with E-state index in [1.54, 1.807) is 0 Å². The number of aryl methyl sites for hydroxylation is 3. The van der Waals surface area contributed by atoms with E-state index in [0.29, 0.717) is 5.82 Å². The summed E-state index contributed by atoms with van der Waals surface area (Å²) in [5.41, 5.74) is 18.1. The molecule has 0 fully saturated rings. The second-order valence-electron chi connectivity index (χ2n) is 9.57. The molecule has 2 aliphatic rings. The molecule has 2 aromatic heterocycles. The molecule has 0 saturated heterocycles. The number of rotatable bonds is 6.